The number of nitrogens with zero attached hydrogens (tertiary/aromatic N) is 1. The van der Waals surface area contributed by atoms with Crippen LogP contribution in [0.2, 0.25) is 0 Å². The van der Waals surface area contributed by atoms with Crippen LogP contribution in [0.15, 0.2) is 5.10 Å². The van der Waals surface area contributed by atoms with Gasteiger partial charge in [0.2, 0.25) is 5.91 Å². The van der Waals surface area contributed by atoms with Gasteiger partial charge < -0.3 is 5.11 Å². The summed E-state index contributed by atoms with van der Waals surface area (Å²) >= 11 is 0. The van der Waals surface area contributed by atoms with Gasteiger partial charge >= 0.3 is 5.97 Å². The summed E-state index contributed by atoms with van der Waals surface area (Å²) in [6.45, 7) is 1.29. The molecule has 56 valence electrons. The lowest BCUT2D eigenvalue weighted by atomic mass is 10.5. The molecule has 0 spiro atoms. The molecule has 0 rings (SSSR count). The number of carbonyl (C=O) groups excluding carboxylic acids is 1. The van der Waals surface area contributed by atoms with E-state index in [4.69, 9.17) is 5.11 Å². The minimum Gasteiger partial charge on any atom is -0.481 e. The largest absolute Gasteiger partial charge is 0.481 e. The van der Waals surface area contributed by atoms with Crippen LogP contribution in [0.5, 0.6) is 0 Å². The molecule has 0 aliphatic carbocycles. The quantitative estimate of drug-likeness (QED) is 0.417. The molecule has 0 radical (unpaired) electrons. The second-order valence-electron chi connectivity index (χ2n) is 1.58. The van der Waals surface area contributed by atoms with Gasteiger partial charge in [0.25, 0.3) is 0 Å². The molecule has 10 heavy (non-hydrogen) atoms. The Morgan fingerprint density at radius 2 is 2.30 bits per heavy atom. The van der Waals surface area contributed by atoms with E-state index in [2.05, 4.69) is 10.5 Å². The van der Waals surface area contributed by atoms with Crippen LogP contribution in [0.4, 0.5) is 0 Å². The maximum absolute atomic E-state index is 10.1. The van der Waals surface area contributed by atoms with Gasteiger partial charge in [0.05, 0.1) is 6.42 Å². The van der Waals surface area contributed by atoms with Crippen molar-refractivity contribution in [1.82, 2.24) is 5.43 Å². The molecule has 1 amide bonds. The van der Waals surface area contributed by atoms with E-state index in [0.29, 0.717) is 0 Å². The lowest BCUT2D eigenvalue weighted by molar-refractivity contribution is -0.135. The van der Waals surface area contributed by atoms with Crippen LogP contribution in [0, 0.1) is 0 Å². The number of carboxylic acids is 1. The number of nitrogens with one attached hydrogen (secondary N) is 1. The average Bonchev–Trinajstić information content (AvgIpc) is 1.79. The first-order valence-corrected chi connectivity index (χ1v) is 2.63. The summed E-state index contributed by atoms with van der Waals surface area (Å²) in [5, 5.41) is 11.4. The monoisotopic (exact) mass is 144 g/mol. The molecule has 0 aromatic heterocycles. The number of amides is 1. The number of carboxylic acid groups (broad SMARTS) is 1. The number of hydrazone groups is 1. The Bertz CT molecular complexity index is 146. The summed E-state index contributed by atoms with van der Waals surface area (Å²) in [7, 11) is 0. The van der Waals surface area contributed by atoms with Gasteiger partial charge in [0, 0.05) is 13.1 Å². The van der Waals surface area contributed by atoms with Crippen molar-refractivity contribution in [1.29, 1.82) is 0 Å². The highest BCUT2D eigenvalue weighted by molar-refractivity contribution is 5.85. The van der Waals surface area contributed by atoms with Crippen LogP contribution in [-0.4, -0.2) is 23.2 Å². The minimum atomic E-state index is -0.978. The molecule has 0 aromatic rings. The maximum atomic E-state index is 10.1. The molecule has 0 aliphatic heterocycles. The molecular weight excluding hydrogens is 136 g/mol. The van der Waals surface area contributed by atoms with Gasteiger partial charge in [-0.15, -0.1) is 0 Å². The first-order valence-electron chi connectivity index (χ1n) is 2.63. The first kappa shape index (κ1) is 8.61. The predicted molar refractivity (Wildman–Crippen MR) is 34.6 cm³/mol. The second-order valence-corrected chi connectivity index (χ2v) is 1.58. The highest BCUT2D eigenvalue weighted by Crippen LogP contribution is 1.70. The lowest BCUT2D eigenvalue weighted by Gasteiger charge is -1.87. The maximum Gasteiger partial charge on any atom is 0.308 e. The highest BCUT2D eigenvalue weighted by atomic mass is 16.4. The molecule has 0 atom stereocenters. The third-order valence-corrected chi connectivity index (χ3v) is 0.579. The summed E-state index contributed by atoms with van der Waals surface area (Å²) in [4.78, 5) is 20.0. The van der Waals surface area contributed by atoms with E-state index >= 15 is 0 Å². The Labute approximate surface area is 57.7 Å². The van der Waals surface area contributed by atoms with Crippen LogP contribution in [0.1, 0.15) is 13.3 Å². The van der Waals surface area contributed by atoms with Gasteiger partial charge in [0.1, 0.15) is 0 Å². The fraction of sp³-hybridized carbons (Fsp3) is 0.400. The van der Waals surface area contributed by atoms with Crippen molar-refractivity contribution < 1.29 is 14.7 Å². The molecule has 0 saturated carbocycles. The van der Waals surface area contributed by atoms with Crippen molar-refractivity contribution in [2.75, 3.05) is 0 Å². The molecule has 0 fully saturated rings. The Hall–Kier alpha value is -1.39. The Morgan fingerprint density at radius 3 is 2.70 bits per heavy atom. The van der Waals surface area contributed by atoms with Crippen molar-refractivity contribution in [2.24, 2.45) is 5.10 Å². The van der Waals surface area contributed by atoms with Crippen LogP contribution < -0.4 is 5.43 Å². The van der Waals surface area contributed by atoms with Gasteiger partial charge in [-0.05, 0) is 0 Å². The Balaban J connectivity index is 3.38. The van der Waals surface area contributed by atoms with Crippen LogP contribution in [0.3, 0.4) is 0 Å². The third-order valence-electron chi connectivity index (χ3n) is 0.579. The Morgan fingerprint density at radius 1 is 1.70 bits per heavy atom. The SMILES string of the molecule is CC(=O)NN=CCC(=O)O. The normalized spacial score (nSPS) is 9.70. The average molecular weight is 144 g/mol. The number of hydrogen-bond donors (Lipinski definition) is 2. The molecule has 2 N–H and O–H groups in total. The summed E-state index contributed by atoms with van der Waals surface area (Å²) in [6, 6.07) is 0. The van der Waals surface area contributed by atoms with Gasteiger partial charge in [0.15, 0.2) is 0 Å². The van der Waals surface area contributed by atoms with E-state index in [-0.39, 0.29) is 12.3 Å². The van der Waals surface area contributed by atoms with Crippen LogP contribution >= 0.6 is 0 Å². The number of rotatable bonds is 3. The van der Waals surface area contributed by atoms with Gasteiger partial charge in [-0.2, -0.15) is 5.10 Å². The first-order chi connectivity index (χ1) is 4.63. The molecule has 0 aromatic carbocycles. The Kier molecular flexibility index (Phi) is 3.86. The second kappa shape index (κ2) is 4.49. The lowest BCUT2D eigenvalue weighted by Crippen LogP contribution is -2.12. The standard InChI is InChI=1S/C5H8N2O3/c1-4(8)7-6-3-2-5(9)10/h3H,2H2,1H3,(H,7,8)(H,9,10). The highest BCUT2D eigenvalue weighted by Gasteiger charge is 1.89. The van der Waals surface area contributed by atoms with E-state index in [1.54, 1.807) is 0 Å². The van der Waals surface area contributed by atoms with Crippen molar-refractivity contribution in [2.45, 2.75) is 13.3 Å². The number of hydrogen-bond acceptors (Lipinski definition) is 3. The van der Waals surface area contributed by atoms with E-state index in [1.807, 2.05) is 0 Å². The minimum absolute atomic E-state index is 0.180. The number of aliphatic carboxylic acids is 1. The van der Waals surface area contributed by atoms with Gasteiger partial charge in [-0.3, -0.25) is 9.59 Å². The summed E-state index contributed by atoms with van der Waals surface area (Å²) < 4.78 is 0. The van der Waals surface area contributed by atoms with Crippen molar-refractivity contribution in [3.63, 3.8) is 0 Å². The van der Waals surface area contributed by atoms with E-state index in [9.17, 15) is 9.59 Å². The topological polar surface area (TPSA) is 78.8 Å². The van der Waals surface area contributed by atoms with Crippen molar-refractivity contribution in [3.05, 3.63) is 0 Å². The molecule has 0 unspecified atom stereocenters. The summed E-state index contributed by atoms with van der Waals surface area (Å²) in [6.07, 6.45) is 0.935. The molecule has 0 aliphatic rings. The predicted octanol–water partition coefficient (Wildman–Crippen LogP) is -0.417. The summed E-state index contributed by atoms with van der Waals surface area (Å²) in [5.41, 5.74) is 2.07. The fourth-order valence-electron chi connectivity index (χ4n) is 0.260. The van der Waals surface area contributed by atoms with Crippen LogP contribution in [-0.2, 0) is 9.59 Å². The molecular formula is C5H8N2O3. The third kappa shape index (κ3) is 6.61. The van der Waals surface area contributed by atoms with E-state index in [1.165, 1.54) is 6.92 Å². The van der Waals surface area contributed by atoms with E-state index < -0.39 is 5.97 Å². The molecule has 5 heteroatoms. The number of carbonyl (C=O) groups is 2. The molecule has 0 saturated heterocycles. The van der Waals surface area contributed by atoms with Gasteiger partial charge in [-0.1, -0.05) is 0 Å². The molecule has 5 nitrogen and oxygen atoms in total. The van der Waals surface area contributed by atoms with E-state index in [0.717, 1.165) is 6.21 Å². The van der Waals surface area contributed by atoms with Crippen molar-refractivity contribution in [3.8, 4) is 0 Å². The van der Waals surface area contributed by atoms with Crippen molar-refractivity contribution >= 4 is 18.1 Å². The van der Waals surface area contributed by atoms with Crippen LogP contribution in [0.25, 0.3) is 0 Å². The zero-order valence-corrected chi connectivity index (χ0v) is 5.50. The molecule has 0 bridgehead atoms. The molecule has 0 heterocycles. The zero-order chi connectivity index (χ0) is 7.98. The smallest absolute Gasteiger partial charge is 0.308 e. The fourth-order valence-corrected chi connectivity index (χ4v) is 0.260. The summed E-state index contributed by atoms with van der Waals surface area (Å²) in [5.74, 6) is -1.30. The zero-order valence-electron chi connectivity index (χ0n) is 5.50. The van der Waals surface area contributed by atoms with Gasteiger partial charge in [-0.25, -0.2) is 5.43 Å².